The van der Waals surface area contributed by atoms with Crippen LogP contribution in [-0.2, 0) is 9.53 Å². The molecule has 2 aliphatic rings. The van der Waals surface area contributed by atoms with E-state index < -0.39 is 0 Å². The number of hydrogen-bond donors (Lipinski definition) is 1. The van der Waals surface area contributed by atoms with Gasteiger partial charge < -0.3 is 10.1 Å². The maximum Gasteiger partial charge on any atom is 0.249 e. The molecule has 0 spiro atoms. The van der Waals surface area contributed by atoms with E-state index >= 15 is 0 Å². The average molecular weight is 209 g/mol. The van der Waals surface area contributed by atoms with Crippen molar-refractivity contribution in [2.45, 2.75) is 38.6 Å². The van der Waals surface area contributed by atoms with Crippen LogP contribution in [0.15, 0.2) is 11.6 Å². The molecule has 0 bridgehead atoms. The molecule has 84 valence electrons. The van der Waals surface area contributed by atoms with Gasteiger partial charge in [-0.25, -0.2) is 0 Å². The lowest BCUT2D eigenvalue weighted by Crippen LogP contribution is -2.38. The van der Waals surface area contributed by atoms with Gasteiger partial charge in [0.05, 0.1) is 13.2 Å². The molecule has 0 aromatic carbocycles. The number of carbonyl (C=O) groups is 1. The zero-order valence-corrected chi connectivity index (χ0v) is 9.29. The second-order valence-electron chi connectivity index (χ2n) is 4.67. The summed E-state index contributed by atoms with van der Waals surface area (Å²) in [6.07, 6.45) is 6.60. The molecule has 0 radical (unpaired) electrons. The minimum atomic E-state index is 0.0760. The van der Waals surface area contributed by atoms with E-state index in [-0.39, 0.29) is 5.91 Å². The predicted octanol–water partition coefficient (Wildman–Crippen LogP) is 1.64. The summed E-state index contributed by atoms with van der Waals surface area (Å²) in [6.45, 7) is 3.35. The van der Waals surface area contributed by atoms with Gasteiger partial charge in [-0.3, -0.25) is 4.79 Å². The Bertz CT molecular complexity index is 265. The van der Waals surface area contributed by atoms with Crippen molar-refractivity contribution < 1.29 is 9.53 Å². The summed E-state index contributed by atoms with van der Waals surface area (Å²) in [5.41, 5.74) is 0.800. The van der Waals surface area contributed by atoms with Crippen molar-refractivity contribution in [1.29, 1.82) is 0 Å². The lowest BCUT2D eigenvalue weighted by atomic mass is 9.87. The maximum absolute atomic E-state index is 11.7. The number of ether oxygens (including phenoxy) is 1. The van der Waals surface area contributed by atoms with E-state index in [0.29, 0.717) is 19.3 Å². The van der Waals surface area contributed by atoms with Crippen LogP contribution in [0.1, 0.15) is 32.6 Å². The molecule has 0 unspecified atom stereocenters. The fourth-order valence-electron chi connectivity index (χ4n) is 2.23. The van der Waals surface area contributed by atoms with Gasteiger partial charge in [-0.1, -0.05) is 6.92 Å². The molecule has 0 aromatic rings. The van der Waals surface area contributed by atoms with Gasteiger partial charge in [0.2, 0.25) is 5.91 Å². The summed E-state index contributed by atoms with van der Waals surface area (Å²) in [6, 6.07) is 0.384. The molecule has 1 heterocycles. The first-order valence-electron chi connectivity index (χ1n) is 5.83. The quantitative estimate of drug-likeness (QED) is 0.750. The van der Waals surface area contributed by atoms with Crippen LogP contribution in [0.2, 0.25) is 0 Å². The molecule has 0 aromatic heterocycles. The van der Waals surface area contributed by atoms with E-state index in [1.165, 1.54) is 12.8 Å². The highest BCUT2D eigenvalue weighted by atomic mass is 16.5. The molecule has 1 fully saturated rings. The van der Waals surface area contributed by atoms with Gasteiger partial charge in [0, 0.05) is 11.6 Å². The van der Waals surface area contributed by atoms with Gasteiger partial charge >= 0.3 is 0 Å². The van der Waals surface area contributed by atoms with Crippen molar-refractivity contribution >= 4 is 5.91 Å². The van der Waals surface area contributed by atoms with Crippen LogP contribution in [-0.4, -0.2) is 25.2 Å². The Hall–Kier alpha value is -0.830. The van der Waals surface area contributed by atoms with Crippen LogP contribution in [0.5, 0.6) is 0 Å². The molecule has 1 aliphatic carbocycles. The molecule has 1 aliphatic heterocycles. The predicted molar refractivity (Wildman–Crippen MR) is 58.5 cm³/mol. The third kappa shape index (κ3) is 2.81. The lowest BCUT2D eigenvalue weighted by Gasteiger charge is -2.26. The van der Waals surface area contributed by atoms with Crippen LogP contribution < -0.4 is 5.32 Å². The molecule has 3 heteroatoms. The lowest BCUT2D eigenvalue weighted by molar-refractivity contribution is -0.118. The van der Waals surface area contributed by atoms with Crippen molar-refractivity contribution in [3.05, 3.63) is 11.6 Å². The highest BCUT2D eigenvalue weighted by Gasteiger charge is 2.21. The average Bonchev–Trinajstić information content (AvgIpc) is 2.74. The van der Waals surface area contributed by atoms with E-state index in [2.05, 4.69) is 12.2 Å². The number of hydrogen-bond acceptors (Lipinski definition) is 2. The standard InChI is InChI=1S/C12H19NO2/c1-9-2-4-11(5-3-9)13-12(14)10-6-7-15-8-10/h6,9,11H,2-5,7-8H2,1H3,(H,13,14). The smallest absolute Gasteiger partial charge is 0.249 e. The van der Waals surface area contributed by atoms with E-state index in [0.717, 1.165) is 24.3 Å². The Balaban J connectivity index is 1.79. The molecule has 1 amide bonds. The summed E-state index contributed by atoms with van der Waals surface area (Å²) in [7, 11) is 0. The first kappa shape index (κ1) is 10.7. The molecular weight excluding hydrogens is 190 g/mol. The zero-order chi connectivity index (χ0) is 10.7. The highest BCUT2D eigenvalue weighted by molar-refractivity contribution is 5.94. The van der Waals surface area contributed by atoms with Gasteiger partial charge in [-0.2, -0.15) is 0 Å². The number of carbonyl (C=O) groups excluding carboxylic acids is 1. The summed E-state index contributed by atoms with van der Waals surface area (Å²) >= 11 is 0. The summed E-state index contributed by atoms with van der Waals surface area (Å²) in [4.78, 5) is 11.7. The Kier molecular flexibility index (Phi) is 3.41. The summed E-state index contributed by atoms with van der Waals surface area (Å²) < 4.78 is 5.13. The van der Waals surface area contributed by atoms with Gasteiger partial charge in [-0.05, 0) is 37.7 Å². The fraction of sp³-hybridized carbons (Fsp3) is 0.750. The topological polar surface area (TPSA) is 38.3 Å². The number of nitrogens with one attached hydrogen (secondary N) is 1. The van der Waals surface area contributed by atoms with E-state index in [4.69, 9.17) is 4.74 Å². The summed E-state index contributed by atoms with van der Waals surface area (Å²) in [5.74, 6) is 0.902. The van der Waals surface area contributed by atoms with Crippen LogP contribution >= 0.6 is 0 Å². The van der Waals surface area contributed by atoms with E-state index in [1.54, 1.807) is 0 Å². The molecule has 1 saturated carbocycles. The second kappa shape index (κ2) is 4.79. The molecule has 15 heavy (non-hydrogen) atoms. The second-order valence-corrected chi connectivity index (χ2v) is 4.67. The van der Waals surface area contributed by atoms with Crippen molar-refractivity contribution in [2.75, 3.05) is 13.2 Å². The molecular formula is C12H19NO2. The van der Waals surface area contributed by atoms with Crippen LogP contribution in [0.3, 0.4) is 0 Å². The number of rotatable bonds is 2. The Labute approximate surface area is 90.9 Å². The van der Waals surface area contributed by atoms with Crippen LogP contribution in [0.4, 0.5) is 0 Å². The Morgan fingerprint density at radius 2 is 2.13 bits per heavy atom. The van der Waals surface area contributed by atoms with Crippen molar-refractivity contribution in [3.8, 4) is 0 Å². The van der Waals surface area contributed by atoms with Crippen molar-refractivity contribution in [1.82, 2.24) is 5.32 Å². The maximum atomic E-state index is 11.7. The van der Waals surface area contributed by atoms with E-state index in [9.17, 15) is 4.79 Å². The third-order valence-corrected chi connectivity index (χ3v) is 3.35. The van der Waals surface area contributed by atoms with Gasteiger partial charge in [-0.15, -0.1) is 0 Å². The van der Waals surface area contributed by atoms with Crippen LogP contribution in [0, 0.1) is 5.92 Å². The fourth-order valence-corrected chi connectivity index (χ4v) is 2.23. The normalized spacial score (nSPS) is 31.1. The first-order chi connectivity index (χ1) is 7.25. The minimum Gasteiger partial charge on any atom is -0.372 e. The molecule has 2 rings (SSSR count). The van der Waals surface area contributed by atoms with Crippen LogP contribution in [0.25, 0.3) is 0 Å². The van der Waals surface area contributed by atoms with Gasteiger partial charge in [0.25, 0.3) is 0 Å². The first-order valence-corrected chi connectivity index (χ1v) is 5.83. The molecule has 0 saturated heterocycles. The molecule has 3 nitrogen and oxygen atoms in total. The van der Waals surface area contributed by atoms with Crippen molar-refractivity contribution in [2.24, 2.45) is 5.92 Å². The van der Waals surface area contributed by atoms with E-state index in [1.807, 2.05) is 6.08 Å². The minimum absolute atomic E-state index is 0.0760. The largest absolute Gasteiger partial charge is 0.372 e. The Morgan fingerprint density at radius 1 is 1.40 bits per heavy atom. The highest BCUT2D eigenvalue weighted by Crippen LogP contribution is 2.23. The van der Waals surface area contributed by atoms with Gasteiger partial charge in [0.1, 0.15) is 0 Å². The SMILES string of the molecule is CC1CCC(NC(=O)C2=CCOC2)CC1. The zero-order valence-electron chi connectivity index (χ0n) is 9.29. The monoisotopic (exact) mass is 209 g/mol. The molecule has 1 N–H and O–H groups in total. The van der Waals surface area contributed by atoms with Crippen molar-refractivity contribution in [3.63, 3.8) is 0 Å². The summed E-state index contributed by atoms with van der Waals surface area (Å²) in [5, 5.41) is 3.09. The van der Waals surface area contributed by atoms with Gasteiger partial charge in [0.15, 0.2) is 0 Å². The Morgan fingerprint density at radius 3 is 2.73 bits per heavy atom. The molecule has 0 atom stereocenters. The third-order valence-electron chi connectivity index (χ3n) is 3.35. The number of amides is 1.